The number of benzene rings is 3. The fraction of sp³-hybridized carbons (Fsp3) is 0.214. The summed E-state index contributed by atoms with van der Waals surface area (Å²) in [6, 6.07) is 26.2. The van der Waals surface area contributed by atoms with Crippen LogP contribution in [0, 0.1) is 13.8 Å². The lowest BCUT2D eigenvalue weighted by atomic mass is 10.1. The van der Waals surface area contributed by atoms with Crippen LogP contribution in [-0.2, 0) is 26.2 Å². The van der Waals surface area contributed by atoms with Crippen molar-refractivity contribution in [3.8, 4) is 0 Å². The van der Waals surface area contributed by atoms with Gasteiger partial charge < -0.3 is 16.0 Å². The standard InChI is InChI=1S/C28H30N4OS/c1-20-21(2)34-28(31-20)32(18-22-7-4-3-5-8-22)19-23-11-13-26(14-12-23)27(33)30-17-25-10-6-9-24(15-25)16-29/h3-15H,16-19,29H2,1-2H3,(H,30,33). The van der Waals surface area contributed by atoms with E-state index in [9.17, 15) is 4.79 Å². The van der Waals surface area contributed by atoms with E-state index < -0.39 is 0 Å². The number of anilines is 1. The Labute approximate surface area is 205 Å². The molecule has 1 amide bonds. The van der Waals surface area contributed by atoms with Gasteiger partial charge in [0.15, 0.2) is 5.13 Å². The number of hydrogen-bond acceptors (Lipinski definition) is 5. The van der Waals surface area contributed by atoms with Crippen LogP contribution in [0.4, 0.5) is 5.13 Å². The Morgan fingerprint density at radius 1 is 0.882 bits per heavy atom. The summed E-state index contributed by atoms with van der Waals surface area (Å²) in [6.07, 6.45) is 0. The first-order chi connectivity index (χ1) is 16.5. The normalized spacial score (nSPS) is 10.8. The van der Waals surface area contributed by atoms with E-state index in [1.807, 2.05) is 54.6 Å². The molecule has 3 N–H and O–H groups in total. The van der Waals surface area contributed by atoms with Crippen molar-refractivity contribution in [2.24, 2.45) is 5.73 Å². The molecule has 0 saturated heterocycles. The van der Waals surface area contributed by atoms with Crippen LogP contribution in [0.1, 0.15) is 43.2 Å². The quantitative estimate of drug-likeness (QED) is 0.346. The van der Waals surface area contributed by atoms with Crippen molar-refractivity contribution in [2.75, 3.05) is 4.90 Å². The molecule has 0 aliphatic carbocycles. The number of thiazole rings is 1. The molecule has 4 rings (SSSR count). The lowest BCUT2D eigenvalue weighted by Crippen LogP contribution is -2.23. The summed E-state index contributed by atoms with van der Waals surface area (Å²) < 4.78 is 0. The Balaban J connectivity index is 1.43. The third-order valence-corrected chi connectivity index (χ3v) is 6.91. The molecule has 0 bridgehead atoms. The Hall–Kier alpha value is -3.48. The molecule has 0 spiro atoms. The number of amides is 1. The van der Waals surface area contributed by atoms with Crippen molar-refractivity contribution in [1.82, 2.24) is 10.3 Å². The highest BCUT2D eigenvalue weighted by Crippen LogP contribution is 2.28. The lowest BCUT2D eigenvalue weighted by Gasteiger charge is -2.22. The molecule has 6 heteroatoms. The maximum Gasteiger partial charge on any atom is 0.251 e. The van der Waals surface area contributed by atoms with Crippen LogP contribution in [0.3, 0.4) is 0 Å². The largest absolute Gasteiger partial charge is 0.348 e. The number of nitrogens with one attached hydrogen (secondary N) is 1. The highest BCUT2D eigenvalue weighted by Gasteiger charge is 2.14. The van der Waals surface area contributed by atoms with E-state index in [0.29, 0.717) is 18.7 Å². The van der Waals surface area contributed by atoms with Gasteiger partial charge in [-0.15, -0.1) is 11.3 Å². The van der Waals surface area contributed by atoms with Gasteiger partial charge in [-0.1, -0.05) is 66.7 Å². The van der Waals surface area contributed by atoms with Crippen LogP contribution in [0.25, 0.3) is 0 Å². The molecule has 3 aromatic carbocycles. The van der Waals surface area contributed by atoms with Crippen molar-refractivity contribution in [1.29, 1.82) is 0 Å². The molecule has 0 aliphatic rings. The van der Waals surface area contributed by atoms with E-state index >= 15 is 0 Å². The molecular weight excluding hydrogens is 440 g/mol. The van der Waals surface area contributed by atoms with Crippen LogP contribution in [-0.4, -0.2) is 10.9 Å². The molecule has 0 saturated carbocycles. The van der Waals surface area contributed by atoms with E-state index in [4.69, 9.17) is 10.7 Å². The van der Waals surface area contributed by atoms with Crippen molar-refractivity contribution < 1.29 is 4.79 Å². The van der Waals surface area contributed by atoms with Gasteiger partial charge in [0.2, 0.25) is 0 Å². The van der Waals surface area contributed by atoms with Gasteiger partial charge in [0.25, 0.3) is 5.91 Å². The summed E-state index contributed by atoms with van der Waals surface area (Å²) in [5, 5.41) is 4.01. The molecule has 0 atom stereocenters. The molecule has 0 aliphatic heterocycles. The molecule has 34 heavy (non-hydrogen) atoms. The minimum Gasteiger partial charge on any atom is -0.348 e. The third-order valence-electron chi connectivity index (χ3n) is 5.77. The van der Waals surface area contributed by atoms with Gasteiger partial charge in [-0.05, 0) is 48.2 Å². The molecule has 0 unspecified atom stereocenters. The van der Waals surface area contributed by atoms with Crippen LogP contribution < -0.4 is 16.0 Å². The van der Waals surface area contributed by atoms with Gasteiger partial charge in [-0.2, -0.15) is 0 Å². The Morgan fingerprint density at radius 3 is 2.18 bits per heavy atom. The lowest BCUT2D eigenvalue weighted by molar-refractivity contribution is 0.0951. The van der Waals surface area contributed by atoms with Gasteiger partial charge in [-0.3, -0.25) is 4.79 Å². The number of nitrogens with two attached hydrogens (primary N) is 1. The maximum atomic E-state index is 12.7. The van der Waals surface area contributed by atoms with E-state index in [1.165, 1.54) is 10.4 Å². The number of aryl methyl sites for hydroxylation is 2. The number of carbonyl (C=O) groups excluding carboxylic acids is 1. The zero-order valence-corrected chi connectivity index (χ0v) is 20.4. The highest BCUT2D eigenvalue weighted by molar-refractivity contribution is 7.15. The zero-order valence-electron chi connectivity index (χ0n) is 19.6. The molecule has 4 aromatic rings. The summed E-state index contributed by atoms with van der Waals surface area (Å²) in [5.41, 5.74) is 11.9. The summed E-state index contributed by atoms with van der Waals surface area (Å²) in [4.78, 5) is 21.0. The average molecular weight is 471 g/mol. The predicted octanol–water partition coefficient (Wildman–Crippen LogP) is 5.36. The molecule has 1 aromatic heterocycles. The number of carbonyl (C=O) groups is 1. The highest BCUT2D eigenvalue weighted by atomic mass is 32.1. The molecule has 0 radical (unpaired) electrons. The number of hydrogen-bond donors (Lipinski definition) is 2. The second-order valence-electron chi connectivity index (χ2n) is 8.38. The van der Waals surface area contributed by atoms with Crippen molar-refractivity contribution in [3.63, 3.8) is 0 Å². The first-order valence-corrected chi connectivity index (χ1v) is 12.2. The van der Waals surface area contributed by atoms with E-state index in [-0.39, 0.29) is 5.91 Å². The fourth-order valence-electron chi connectivity index (χ4n) is 3.72. The second-order valence-corrected chi connectivity index (χ2v) is 9.57. The van der Waals surface area contributed by atoms with Crippen LogP contribution >= 0.6 is 11.3 Å². The summed E-state index contributed by atoms with van der Waals surface area (Å²) >= 11 is 1.72. The van der Waals surface area contributed by atoms with Gasteiger partial charge in [0.1, 0.15) is 0 Å². The van der Waals surface area contributed by atoms with Crippen LogP contribution in [0.5, 0.6) is 0 Å². The zero-order chi connectivity index (χ0) is 23.9. The summed E-state index contributed by atoms with van der Waals surface area (Å²) in [5.74, 6) is -0.0861. The Bertz CT molecular complexity index is 1220. The van der Waals surface area contributed by atoms with Crippen molar-refractivity contribution >= 4 is 22.4 Å². The fourth-order valence-corrected chi connectivity index (χ4v) is 4.63. The summed E-state index contributed by atoms with van der Waals surface area (Å²) in [6.45, 7) is 6.62. The van der Waals surface area contributed by atoms with E-state index in [1.54, 1.807) is 11.3 Å². The minimum absolute atomic E-state index is 0.0861. The average Bonchev–Trinajstić information content (AvgIpc) is 3.21. The Morgan fingerprint density at radius 2 is 1.53 bits per heavy atom. The SMILES string of the molecule is Cc1nc(N(Cc2ccccc2)Cc2ccc(C(=O)NCc3cccc(CN)c3)cc2)sc1C. The van der Waals surface area contributed by atoms with Crippen molar-refractivity contribution in [2.45, 2.75) is 40.0 Å². The molecule has 1 heterocycles. The van der Waals surface area contributed by atoms with Crippen molar-refractivity contribution in [3.05, 3.63) is 117 Å². The van der Waals surface area contributed by atoms with E-state index in [2.05, 4.69) is 48.3 Å². The smallest absolute Gasteiger partial charge is 0.251 e. The molecule has 174 valence electrons. The maximum absolute atomic E-state index is 12.7. The third kappa shape index (κ3) is 6.10. The van der Waals surface area contributed by atoms with Gasteiger partial charge in [0, 0.05) is 36.6 Å². The minimum atomic E-state index is -0.0861. The Kier molecular flexibility index (Phi) is 7.72. The topological polar surface area (TPSA) is 71.2 Å². The predicted molar refractivity (Wildman–Crippen MR) is 140 cm³/mol. The first-order valence-electron chi connectivity index (χ1n) is 11.4. The van der Waals surface area contributed by atoms with Crippen LogP contribution in [0.2, 0.25) is 0 Å². The number of aromatic nitrogens is 1. The monoisotopic (exact) mass is 470 g/mol. The first kappa shape index (κ1) is 23.7. The van der Waals surface area contributed by atoms with Gasteiger partial charge in [0.05, 0.1) is 5.69 Å². The number of rotatable bonds is 9. The summed E-state index contributed by atoms with van der Waals surface area (Å²) in [7, 11) is 0. The number of nitrogens with zero attached hydrogens (tertiary/aromatic N) is 2. The van der Waals surface area contributed by atoms with Gasteiger partial charge in [-0.25, -0.2) is 4.98 Å². The molecule has 0 fully saturated rings. The van der Waals surface area contributed by atoms with Gasteiger partial charge >= 0.3 is 0 Å². The molecule has 5 nitrogen and oxygen atoms in total. The van der Waals surface area contributed by atoms with Crippen LogP contribution in [0.15, 0.2) is 78.9 Å². The van der Waals surface area contributed by atoms with E-state index in [0.717, 1.165) is 40.6 Å². The molecular formula is C28H30N4OS. The second kappa shape index (κ2) is 11.1.